The lowest BCUT2D eigenvalue weighted by Crippen LogP contribution is -2.39. The largest absolute Gasteiger partial charge is 0.392 e. The Hall–Kier alpha value is -1.26. The number of halogens is 1. The van der Waals surface area contributed by atoms with Gasteiger partial charge in [-0.25, -0.2) is 4.39 Å². The molecule has 2 rings (SSSR count). The average molecular weight is 251 g/mol. The SMILES string of the molecule is O=C(CCN1CCCC(O)C1)c1cccc(F)c1. The van der Waals surface area contributed by atoms with Crippen LogP contribution < -0.4 is 0 Å². The number of rotatable bonds is 4. The molecule has 0 bridgehead atoms. The van der Waals surface area contributed by atoms with Gasteiger partial charge in [0.2, 0.25) is 0 Å². The van der Waals surface area contributed by atoms with Crippen LogP contribution in [0, 0.1) is 5.82 Å². The first-order valence-corrected chi connectivity index (χ1v) is 6.34. The summed E-state index contributed by atoms with van der Waals surface area (Å²) >= 11 is 0. The molecule has 1 heterocycles. The molecular formula is C14H18FNO2. The summed E-state index contributed by atoms with van der Waals surface area (Å²) in [6.45, 7) is 2.19. The zero-order valence-corrected chi connectivity index (χ0v) is 10.3. The summed E-state index contributed by atoms with van der Waals surface area (Å²) in [6, 6.07) is 5.79. The molecule has 1 aromatic carbocycles. The van der Waals surface area contributed by atoms with Gasteiger partial charge < -0.3 is 10.0 Å². The van der Waals surface area contributed by atoms with Gasteiger partial charge in [0.15, 0.2) is 5.78 Å². The molecule has 1 atom stereocenters. The Morgan fingerprint density at radius 2 is 2.33 bits per heavy atom. The number of Topliss-reactive ketones (excluding diaryl/α,β-unsaturated/α-hetero) is 1. The molecule has 98 valence electrons. The van der Waals surface area contributed by atoms with E-state index in [1.165, 1.54) is 12.1 Å². The molecule has 1 fully saturated rings. The summed E-state index contributed by atoms with van der Waals surface area (Å²) in [5.41, 5.74) is 0.424. The molecule has 1 saturated heterocycles. The van der Waals surface area contributed by atoms with Crippen molar-refractivity contribution >= 4 is 5.78 Å². The van der Waals surface area contributed by atoms with Gasteiger partial charge in [-0.15, -0.1) is 0 Å². The Bertz CT molecular complexity index is 422. The van der Waals surface area contributed by atoms with Gasteiger partial charge in [-0.1, -0.05) is 12.1 Å². The molecule has 4 heteroatoms. The summed E-state index contributed by atoms with van der Waals surface area (Å²) in [6.07, 6.45) is 1.91. The van der Waals surface area contributed by atoms with Crippen LogP contribution in [0.4, 0.5) is 4.39 Å². The maximum Gasteiger partial charge on any atom is 0.164 e. The van der Waals surface area contributed by atoms with Gasteiger partial charge in [0.1, 0.15) is 5.82 Å². The van der Waals surface area contributed by atoms with Crippen LogP contribution in [0.2, 0.25) is 0 Å². The van der Waals surface area contributed by atoms with Gasteiger partial charge in [0, 0.05) is 25.1 Å². The first kappa shape index (κ1) is 13.2. The van der Waals surface area contributed by atoms with Gasteiger partial charge in [0.05, 0.1) is 6.10 Å². The summed E-state index contributed by atoms with van der Waals surface area (Å²) < 4.78 is 13.0. The Balaban J connectivity index is 1.84. The van der Waals surface area contributed by atoms with E-state index in [9.17, 15) is 14.3 Å². The van der Waals surface area contributed by atoms with E-state index in [4.69, 9.17) is 0 Å². The maximum atomic E-state index is 13.0. The highest BCUT2D eigenvalue weighted by atomic mass is 19.1. The molecule has 0 aliphatic carbocycles. The topological polar surface area (TPSA) is 40.5 Å². The molecule has 3 nitrogen and oxygen atoms in total. The first-order chi connectivity index (χ1) is 8.65. The van der Waals surface area contributed by atoms with Crippen LogP contribution in [0.3, 0.4) is 0 Å². The third-order valence-electron chi connectivity index (χ3n) is 3.28. The van der Waals surface area contributed by atoms with E-state index in [2.05, 4.69) is 4.90 Å². The maximum absolute atomic E-state index is 13.0. The van der Waals surface area contributed by atoms with Crippen molar-refractivity contribution in [1.82, 2.24) is 4.90 Å². The lowest BCUT2D eigenvalue weighted by molar-refractivity contribution is 0.0670. The number of nitrogens with zero attached hydrogens (tertiary/aromatic N) is 1. The van der Waals surface area contributed by atoms with Crippen LogP contribution in [0.15, 0.2) is 24.3 Å². The average Bonchev–Trinajstić information content (AvgIpc) is 2.36. The summed E-state index contributed by atoms with van der Waals surface area (Å²) in [5.74, 6) is -0.427. The van der Waals surface area contributed by atoms with Gasteiger partial charge in [-0.3, -0.25) is 4.79 Å². The van der Waals surface area contributed by atoms with Gasteiger partial charge in [0.25, 0.3) is 0 Å². The highest BCUT2D eigenvalue weighted by molar-refractivity contribution is 5.96. The number of β-amino-alcohol motifs (C(OH)–C–C–N with tert-alkyl or cyclic N) is 1. The smallest absolute Gasteiger partial charge is 0.164 e. The van der Waals surface area contributed by atoms with E-state index >= 15 is 0 Å². The molecule has 1 N–H and O–H groups in total. The fourth-order valence-electron chi connectivity index (χ4n) is 2.30. The van der Waals surface area contributed by atoms with Crippen molar-refractivity contribution in [2.24, 2.45) is 0 Å². The van der Waals surface area contributed by atoms with Crippen molar-refractivity contribution in [1.29, 1.82) is 0 Å². The van der Waals surface area contributed by atoms with Crippen molar-refractivity contribution in [2.75, 3.05) is 19.6 Å². The van der Waals surface area contributed by atoms with E-state index < -0.39 is 0 Å². The number of benzene rings is 1. The molecule has 1 aliphatic rings. The molecule has 1 aliphatic heterocycles. The van der Waals surface area contributed by atoms with Crippen molar-refractivity contribution in [3.05, 3.63) is 35.6 Å². The van der Waals surface area contributed by atoms with Crippen molar-refractivity contribution in [3.63, 3.8) is 0 Å². The van der Waals surface area contributed by atoms with E-state index in [0.717, 1.165) is 19.4 Å². The van der Waals surface area contributed by atoms with Crippen molar-refractivity contribution in [3.8, 4) is 0 Å². The molecule has 0 radical (unpaired) electrons. The first-order valence-electron chi connectivity index (χ1n) is 6.34. The van der Waals surface area contributed by atoms with Crippen molar-refractivity contribution < 1.29 is 14.3 Å². The van der Waals surface area contributed by atoms with Gasteiger partial charge in [-0.05, 0) is 31.5 Å². The predicted molar refractivity (Wildman–Crippen MR) is 67.0 cm³/mol. The van der Waals surface area contributed by atoms with Crippen LogP contribution in [0.25, 0.3) is 0 Å². The molecule has 0 aromatic heterocycles. The quantitative estimate of drug-likeness (QED) is 0.830. The minimum atomic E-state index is -0.380. The lowest BCUT2D eigenvalue weighted by Gasteiger charge is -2.29. The van der Waals surface area contributed by atoms with E-state index in [0.29, 0.717) is 25.1 Å². The van der Waals surface area contributed by atoms with Crippen LogP contribution in [0.5, 0.6) is 0 Å². The van der Waals surface area contributed by atoms with Gasteiger partial charge in [-0.2, -0.15) is 0 Å². The second kappa shape index (κ2) is 6.07. The monoisotopic (exact) mass is 251 g/mol. The number of carbonyl (C=O) groups excluding carboxylic acids is 1. The van der Waals surface area contributed by atoms with Crippen molar-refractivity contribution in [2.45, 2.75) is 25.4 Å². The molecular weight excluding hydrogens is 233 g/mol. The van der Waals surface area contributed by atoms with Gasteiger partial charge >= 0.3 is 0 Å². The highest BCUT2D eigenvalue weighted by Crippen LogP contribution is 2.12. The minimum absolute atomic E-state index is 0.0467. The number of piperidine rings is 1. The number of likely N-dealkylation sites (tertiary alicyclic amines) is 1. The molecule has 1 aromatic rings. The molecule has 1 unspecified atom stereocenters. The van der Waals surface area contributed by atoms with E-state index in [-0.39, 0.29) is 17.7 Å². The van der Waals surface area contributed by atoms with Crippen LogP contribution in [-0.4, -0.2) is 41.5 Å². The van der Waals surface area contributed by atoms with E-state index in [1.807, 2.05) is 0 Å². The molecule has 18 heavy (non-hydrogen) atoms. The Labute approximate surface area is 106 Å². The molecule has 0 amide bonds. The summed E-state index contributed by atoms with van der Waals surface area (Å²) in [5, 5.41) is 9.52. The zero-order valence-electron chi connectivity index (χ0n) is 10.3. The number of hydrogen-bond acceptors (Lipinski definition) is 3. The third kappa shape index (κ3) is 3.62. The van der Waals surface area contributed by atoms with Crippen LogP contribution in [0.1, 0.15) is 29.6 Å². The number of aliphatic hydroxyl groups is 1. The van der Waals surface area contributed by atoms with Crippen LogP contribution in [-0.2, 0) is 0 Å². The standard InChI is InChI=1S/C14H18FNO2/c15-12-4-1-3-11(9-12)14(18)6-8-16-7-2-5-13(17)10-16/h1,3-4,9,13,17H,2,5-8,10H2. The minimum Gasteiger partial charge on any atom is -0.392 e. The molecule has 0 spiro atoms. The second-order valence-electron chi connectivity index (χ2n) is 4.78. The number of aliphatic hydroxyl groups excluding tert-OH is 1. The summed E-state index contributed by atoms with van der Waals surface area (Å²) in [4.78, 5) is 14.0. The fourth-order valence-corrected chi connectivity index (χ4v) is 2.30. The highest BCUT2D eigenvalue weighted by Gasteiger charge is 2.18. The molecule has 0 saturated carbocycles. The zero-order chi connectivity index (χ0) is 13.0. The lowest BCUT2D eigenvalue weighted by atomic mass is 10.1. The Morgan fingerprint density at radius 3 is 3.06 bits per heavy atom. The normalized spacial score (nSPS) is 20.9. The van der Waals surface area contributed by atoms with E-state index in [1.54, 1.807) is 12.1 Å². The third-order valence-corrected chi connectivity index (χ3v) is 3.28. The Kier molecular flexibility index (Phi) is 4.44. The summed E-state index contributed by atoms with van der Waals surface area (Å²) in [7, 11) is 0. The Morgan fingerprint density at radius 1 is 1.50 bits per heavy atom. The number of carbonyl (C=O) groups is 1. The van der Waals surface area contributed by atoms with Crippen LogP contribution >= 0.6 is 0 Å². The number of ketones is 1. The fraction of sp³-hybridized carbons (Fsp3) is 0.500. The predicted octanol–water partition coefficient (Wildman–Crippen LogP) is 1.86. The number of hydrogen-bond donors (Lipinski definition) is 1. The second-order valence-corrected chi connectivity index (χ2v) is 4.78.